The summed E-state index contributed by atoms with van der Waals surface area (Å²) in [7, 11) is 1.92. The van der Waals surface area contributed by atoms with Gasteiger partial charge in [-0.05, 0) is 50.3 Å². The van der Waals surface area contributed by atoms with Gasteiger partial charge in [0, 0.05) is 61.7 Å². The number of nitriles is 1. The van der Waals surface area contributed by atoms with Gasteiger partial charge < -0.3 is 10.6 Å². The van der Waals surface area contributed by atoms with Crippen LogP contribution in [0.4, 0.5) is 17.5 Å². The van der Waals surface area contributed by atoms with Crippen LogP contribution in [-0.2, 0) is 7.05 Å². The largest absolute Gasteiger partial charge is 0.367 e. The first-order valence-electron chi connectivity index (χ1n) is 11.3. The normalized spacial score (nSPS) is 22.6. The minimum absolute atomic E-state index is 0.378. The molecule has 2 aliphatic heterocycles. The maximum Gasteiger partial charge on any atom is 0.153 e. The van der Waals surface area contributed by atoms with Crippen LogP contribution in [-0.4, -0.2) is 54.5 Å². The van der Waals surface area contributed by atoms with Gasteiger partial charge in [0.1, 0.15) is 11.6 Å². The molecule has 9 nitrogen and oxygen atoms in total. The highest BCUT2D eigenvalue weighted by atomic mass is 15.2. The predicted octanol–water partition coefficient (Wildman–Crippen LogP) is 3.58. The van der Waals surface area contributed by atoms with Crippen LogP contribution in [0.1, 0.15) is 37.8 Å². The quantitative estimate of drug-likeness (QED) is 0.524. The molecular formula is C23H29N9. The van der Waals surface area contributed by atoms with Crippen LogP contribution < -0.4 is 10.6 Å². The molecule has 0 radical (unpaired) electrons. The lowest BCUT2D eigenvalue weighted by Gasteiger charge is -2.39. The van der Waals surface area contributed by atoms with E-state index >= 15 is 0 Å². The lowest BCUT2D eigenvalue weighted by atomic mass is 9.97. The van der Waals surface area contributed by atoms with Crippen molar-refractivity contribution in [3.8, 4) is 17.2 Å². The molecule has 9 heteroatoms. The van der Waals surface area contributed by atoms with Gasteiger partial charge >= 0.3 is 0 Å². The summed E-state index contributed by atoms with van der Waals surface area (Å²) in [6, 6.07) is 9.88. The number of nitrogens with zero attached hydrogens (tertiary/aromatic N) is 6. The van der Waals surface area contributed by atoms with Gasteiger partial charge in [0.25, 0.3) is 0 Å². The van der Waals surface area contributed by atoms with Crippen molar-refractivity contribution in [3.05, 3.63) is 36.3 Å². The van der Waals surface area contributed by atoms with Crippen molar-refractivity contribution >= 4 is 17.5 Å². The van der Waals surface area contributed by atoms with E-state index < -0.39 is 0 Å². The number of nitrogens with one attached hydrogen (secondary N) is 3. The zero-order chi connectivity index (χ0) is 22.1. The van der Waals surface area contributed by atoms with Crippen molar-refractivity contribution in [1.82, 2.24) is 29.9 Å². The average molecular weight is 432 g/mol. The molecule has 0 aliphatic carbocycles. The number of piperidine rings is 1. The predicted molar refractivity (Wildman–Crippen MR) is 123 cm³/mol. The van der Waals surface area contributed by atoms with E-state index in [0.717, 1.165) is 53.7 Å². The molecule has 3 N–H and O–H groups in total. The Morgan fingerprint density at radius 1 is 1.12 bits per heavy atom. The van der Waals surface area contributed by atoms with Crippen LogP contribution in [0.3, 0.4) is 0 Å². The van der Waals surface area contributed by atoms with Gasteiger partial charge in [-0.1, -0.05) is 0 Å². The fourth-order valence-corrected chi connectivity index (χ4v) is 5.16. The third kappa shape index (κ3) is 4.32. The number of aromatic nitrogens is 5. The Labute approximate surface area is 187 Å². The zero-order valence-electron chi connectivity index (χ0n) is 18.5. The summed E-state index contributed by atoms with van der Waals surface area (Å²) in [5, 5.41) is 27.6. The minimum Gasteiger partial charge on any atom is -0.367 e. The van der Waals surface area contributed by atoms with Crippen molar-refractivity contribution in [2.75, 3.05) is 17.2 Å². The van der Waals surface area contributed by atoms with Crippen LogP contribution >= 0.6 is 0 Å². The average Bonchev–Trinajstić information content (AvgIpc) is 3.44. The van der Waals surface area contributed by atoms with Crippen molar-refractivity contribution in [3.63, 3.8) is 0 Å². The molecule has 32 heavy (non-hydrogen) atoms. The van der Waals surface area contributed by atoms with E-state index in [-0.39, 0.29) is 0 Å². The Morgan fingerprint density at radius 3 is 2.56 bits per heavy atom. The SMILES string of the molecule is Cc1cc(Nc2cc(-c3cnn(C)c3)cc(NC3C[C@H]4CC[C@@H](C3)N4CCC#N)n2)n[nH]1. The smallest absolute Gasteiger partial charge is 0.153 e. The molecule has 3 aromatic heterocycles. The minimum atomic E-state index is 0.378. The maximum atomic E-state index is 8.98. The van der Waals surface area contributed by atoms with E-state index in [1.165, 1.54) is 12.8 Å². The first-order chi connectivity index (χ1) is 15.6. The van der Waals surface area contributed by atoms with Crippen LogP contribution in [0.25, 0.3) is 11.1 Å². The topological polar surface area (TPSA) is 110 Å². The van der Waals surface area contributed by atoms with Crippen molar-refractivity contribution in [2.24, 2.45) is 7.05 Å². The summed E-state index contributed by atoms with van der Waals surface area (Å²) in [6.45, 7) is 2.87. The van der Waals surface area contributed by atoms with Crippen LogP contribution in [0.15, 0.2) is 30.6 Å². The molecule has 2 fully saturated rings. The molecular weight excluding hydrogens is 402 g/mol. The fraction of sp³-hybridized carbons (Fsp3) is 0.478. The Bertz CT molecular complexity index is 1110. The number of rotatable bonds is 7. The second-order valence-electron chi connectivity index (χ2n) is 8.93. The highest BCUT2D eigenvalue weighted by molar-refractivity contribution is 5.71. The molecule has 0 saturated carbocycles. The molecule has 3 aromatic rings. The van der Waals surface area contributed by atoms with Crippen molar-refractivity contribution in [1.29, 1.82) is 5.26 Å². The number of aryl methyl sites for hydroxylation is 2. The van der Waals surface area contributed by atoms with E-state index in [1.54, 1.807) is 0 Å². The number of hydrogen-bond donors (Lipinski definition) is 3. The molecule has 5 heterocycles. The highest BCUT2D eigenvalue weighted by Crippen LogP contribution is 2.37. The monoisotopic (exact) mass is 431 g/mol. The third-order valence-corrected chi connectivity index (χ3v) is 6.54. The number of anilines is 3. The zero-order valence-corrected chi connectivity index (χ0v) is 18.5. The van der Waals surface area contributed by atoms with Gasteiger partial charge in [-0.25, -0.2) is 4.98 Å². The maximum absolute atomic E-state index is 8.98. The van der Waals surface area contributed by atoms with E-state index in [1.807, 2.05) is 43.2 Å². The Hall–Kier alpha value is -3.38. The molecule has 0 aromatic carbocycles. The Balaban J connectivity index is 1.37. The van der Waals surface area contributed by atoms with Gasteiger partial charge in [-0.3, -0.25) is 14.7 Å². The molecule has 166 valence electrons. The van der Waals surface area contributed by atoms with Gasteiger partial charge in [0.15, 0.2) is 5.82 Å². The van der Waals surface area contributed by atoms with Gasteiger partial charge in [-0.15, -0.1) is 0 Å². The van der Waals surface area contributed by atoms with E-state index in [9.17, 15) is 0 Å². The first kappa shape index (κ1) is 20.5. The summed E-state index contributed by atoms with van der Waals surface area (Å²) >= 11 is 0. The molecule has 3 atom stereocenters. The molecule has 0 spiro atoms. The van der Waals surface area contributed by atoms with Crippen LogP contribution in [0.5, 0.6) is 0 Å². The number of hydrogen-bond acceptors (Lipinski definition) is 7. The number of fused-ring (bicyclic) bond motifs is 2. The Morgan fingerprint density at radius 2 is 1.91 bits per heavy atom. The van der Waals surface area contributed by atoms with E-state index in [2.05, 4.69) is 43.0 Å². The molecule has 2 aliphatic rings. The van der Waals surface area contributed by atoms with Crippen molar-refractivity contribution in [2.45, 2.75) is 57.2 Å². The van der Waals surface area contributed by atoms with Crippen molar-refractivity contribution < 1.29 is 0 Å². The summed E-state index contributed by atoms with van der Waals surface area (Å²) in [6.07, 6.45) is 9.11. The first-order valence-corrected chi connectivity index (χ1v) is 11.3. The number of H-pyrrole nitrogens is 1. The molecule has 2 bridgehead atoms. The number of pyridine rings is 1. The second kappa shape index (κ2) is 8.63. The second-order valence-corrected chi connectivity index (χ2v) is 8.93. The summed E-state index contributed by atoms with van der Waals surface area (Å²) < 4.78 is 1.81. The van der Waals surface area contributed by atoms with Crippen LogP contribution in [0.2, 0.25) is 0 Å². The highest BCUT2D eigenvalue weighted by Gasteiger charge is 2.40. The van der Waals surface area contributed by atoms with E-state index in [4.69, 9.17) is 10.2 Å². The summed E-state index contributed by atoms with van der Waals surface area (Å²) in [5.41, 5.74) is 3.10. The van der Waals surface area contributed by atoms with Crippen LogP contribution in [0, 0.1) is 18.3 Å². The lowest BCUT2D eigenvalue weighted by Crippen LogP contribution is -2.47. The standard InChI is InChI=1S/C23H29N9/c1-15-8-23(30-29-15)28-22-10-16(17-13-25-31(2)14-17)9-21(27-22)26-18-11-19-4-5-20(12-18)32(19)7-3-6-24/h8-10,13-14,18-20H,3-5,7,11-12H2,1-2H3,(H3,26,27,28,29,30)/t18?,19-,20+. The molecule has 0 amide bonds. The Kier molecular flexibility index (Phi) is 5.53. The lowest BCUT2D eigenvalue weighted by molar-refractivity contribution is 0.136. The molecule has 5 rings (SSSR count). The molecule has 2 saturated heterocycles. The summed E-state index contributed by atoms with van der Waals surface area (Å²) in [5.74, 6) is 2.35. The fourth-order valence-electron chi connectivity index (χ4n) is 5.16. The van der Waals surface area contributed by atoms with Gasteiger partial charge in [-0.2, -0.15) is 15.5 Å². The number of aromatic amines is 1. The third-order valence-electron chi connectivity index (χ3n) is 6.54. The molecule has 1 unspecified atom stereocenters. The van der Waals surface area contributed by atoms with Gasteiger partial charge in [0.2, 0.25) is 0 Å². The van der Waals surface area contributed by atoms with E-state index in [0.29, 0.717) is 24.5 Å². The van der Waals surface area contributed by atoms with Gasteiger partial charge in [0.05, 0.1) is 12.3 Å². The summed E-state index contributed by atoms with van der Waals surface area (Å²) in [4.78, 5) is 7.39.